The van der Waals surface area contributed by atoms with Gasteiger partial charge in [-0.3, -0.25) is 48.2 Å². The molecule has 0 aromatic heterocycles. The van der Waals surface area contributed by atoms with Gasteiger partial charge in [0.15, 0.2) is 0 Å². The van der Waals surface area contributed by atoms with E-state index in [0.717, 1.165) is 41.2 Å². The smallest absolute Gasteiger partial charge is 0.253 e. The molecule has 14 nitrogen and oxygen atoms in total. The fraction of sp³-hybridized carbons (Fsp3) is 0.722. The monoisotopic (exact) mass is 734 g/mol. The topological polar surface area (TPSA) is 191 Å². The molecule has 1 unspecified atom stereocenters. The van der Waals surface area contributed by atoms with Crippen molar-refractivity contribution < 1.29 is 38.4 Å². The zero-order chi connectivity index (χ0) is 38.0. The van der Waals surface area contributed by atoms with Gasteiger partial charge in [-0.25, -0.2) is 0 Å². The molecular formula is C36H58N6O8S. The molecule has 0 aromatic rings. The first kappa shape index (κ1) is 43.4. The Bertz CT molecular complexity index is 1260. The summed E-state index contributed by atoms with van der Waals surface area (Å²) < 4.78 is 0. The van der Waals surface area contributed by atoms with Crippen molar-refractivity contribution in [2.45, 2.75) is 117 Å². The highest BCUT2D eigenvalue weighted by Crippen LogP contribution is 2.35. The lowest BCUT2D eigenvalue weighted by Gasteiger charge is -2.25. The zero-order valence-corrected chi connectivity index (χ0v) is 31.8. The average Bonchev–Trinajstić information content (AvgIpc) is 3.54. The zero-order valence-electron chi connectivity index (χ0n) is 31.0. The lowest BCUT2D eigenvalue weighted by molar-refractivity contribution is -0.141. The quantitative estimate of drug-likeness (QED) is 0.0851. The van der Waals surface area contributed by atoms with E-state index in [0.29, 0.717) is 50.6 Å². The van der Waals surface area contributed by atoms with Crippen LogP contribution in [0.1, 0.15) is 105 Å². The number of unbranched alkanes of at least 4 members (excludes halogenated alkanes) is 4. The van der Waals surface area contributed by atoms with Crippen LogP contribution >= 0.6 is 11.8 Å². The molecule has 0 aliphatic carbocycles. The van der Waals surface area contributed by atoms with Gasteiger partial charge in [-0.1, -0.05) is 47.5 Å². The maximum atomic E-state index is 13.1. The molecule has 2 aliphatic rings. The molecule has 2 rings (SSSR count). The fourth-order valence-corrected chi connectivity index (χ4v) is 6.41. The first-order valence-corrected chi connectivity index (χ1v) is 19.2. The molecule has 4 N–H and O–H groups in total. The standard InChI is InChI=1S/C36H58N6O8S/c1-25(2)51-23-17-29(44)38-18-9-6-7-10-20-39-34(49)27(12-8-11-19-37-28(43)15-21-41-31(46)13-14-32(41)47)40-30(45)16-22-42-33(48)24-26(35(42)50)36(3,4)5/h13-14,25-27H,6-12,15-24H2,1-5H3,(H,37,43)(H,38,44)(H,39,49)(H,40,45)/t26?,27-/m0/s1. The number of thioether (sulfide) groups is 1. The second-order valence-electron chi connectivity index (χ2n) is 14.4. The van der Waals surface area contributed by atoms with Crippen molar-refractivity contribution in [1.29, 1.82) is 0 Å². The lowest BCUT2D eigenvalue weighted by atomic mass is 9.80. The number of amides is 8. The van der Waals surface area contributed by atoms with E-state index < -0.39 is 29.7 Å². The number of nitrogens with zero attached hydrogens (tertiary/aromatic N) is 2. The summed E-state index contributed by atoms with van der Waals surface area (Å²) >= 11 is 1.76. The SMILES string of the molecule is CC(C)SCCC(=O)NCCCCCCNC(=O)[C@H](CCCCNC(=O)CCN1C(=O)C=CC1=O)NC(=O)CCN1C(=O)CC(C(C)(C)C)C1=O. The van der Waals surface area contributed by atoms with Crippen molar-refractivity contribution in [3.63, 3.8) is 0 Å². The Labute approximate surface area is 306 Å². The van der Waals surface area contributed by atoms with Crippen LogP contribution < -0.4 is 21.3 Å². The van der Waals surface area contributed by atoms with E-state index >= 15 is 0 Å². The molecule has 2 heterocycles. The highest BCUT2D eigenvalue weighted by molar-refractivity contribution is 7.99. The van der Waals surface area contributed by atoms with Crippen molar-refractivity contribution in [1.82, 2.24) is 31.1 Å². The Balaban J connectivity index is 1.77. The maximum Gasteiger partial charge on any atom is 0.253 e. The Kier molecular flexibility index (Phi) is 18.9. The summed E-state index contributed by atoms with van der Waals surface area (Å²) in [7, 11) is 0. The van der Waals surface area contributed by atoms with Crippen LogP contribution in [-0.2, 0) is 38.4 Å². The third kappa shape index (κ3) is 16.4. The largest absolute Gasteiger partial charge is 0.356 e. The van der Waals surface area contributed by atoms with Crippen LogP contribution in [0.2, 0.25) is 0 Å². The van der Waals surface area contributed by atoms with E-state index in [2.05, 4.69) is 35.1 Å². The van der Waals surface area contributed by atoms with Crippen LogP contribution in [0.15, 0.2) is 12.2 Å². The second-order valence-corrected chi connectivity index (χ2v) is 16.0. The van der Waals surface area contributed by atoms with E-state index in [1.54, 1.807) is 11.8 Å². The summed E-state index contributed by atoms with van der Waals surface area (Å²) in [5.74, 6) is -2.15. The summed E-state index contributed by atoms with van der Waals surface area (Å²) in [6.07, 6.45) is 7.47. The number of hydrogen-bond acceptors (Lipinski definition) is 9. The summed E-state index contributed by atoms with van der Waals surface area (Å²) in [4.78, 5) is 101. The van der Waals surface area contributed by atoms with Gasteiger partial charge in [0, 0.05) is 76.3 Å². The van der Waals surface area contributed by atoms with E-state index in [1.807, 2.05) is 20.8 Å². The summed E-state index contributed by atoms with van der Waals surface area (Å²) in [5, 5.41) is 11.9. The predicted molar refractivity (Wildman–Crippen MR) is 195 cm³/mol. The van der Waals surface area contributed by atoms with E-state index in [-0.39, 0.29) is 67.3 Å². The minimum Gasteiger partial charge on any atom is -0.356 e. The fourth-order valence-electron chi connectivity index (χ4n) is 5.64. The average molecular weight is 735 g/mol. The summed E-state index contributed by atoms with van der Waals surface area (Å²) in [6.45, 7) is 11.2. The molecule has 0 bridgehead atoms. The molecule has 286 valence electrons. The third-order valence-electron chi connectivity index (χ3n) is 8.71. The van der Waals surface area contributed by atoms with E-state index in [1.165, 1.54) is 12.2 Å². The molecule has 0 spiro atoms. The van der Waals surface area contributed by atoms with Gasteiger partial charge in [0.25, 0.3) is 11.8 Å². The molecule has 0 radical (unpaired) electrons. The van der Waals surface area contributed by atoms with Gasteiger partial charge in [-0.2, -0.15) is 11.8 Å². The molecule has 0 saturated carbocycles. The number of carbonyl (C=O) groups is 8. The van der Waals surface area contributed by atoms with Gasteiger partial charge >= 0.3 is 0 Å². The Hall–Kier alpha value is -3.75. The molecule has 0 aromatic carbocycles. The first-order chi connectivity index (χ1) is 24.1. The number of likely N-dealkylation sites (tertiary alicyclic amines) is 1. The van der Waals surface area contributed by atoms with E-state index in [4.69, 9.17) is 0 Å². The van der Waals surface area contributed by atoms with Gasteiger partial charge in [0.1, 0.15) is 6.04 Å². The van der Waals surface area contributed by atoms with Crippen LogP contribution in [-0.4, -0.2) is 107 Å². The summed E-state index contributed by atoms with van der Waals surface area (Å²) in [5.41, 5.74) is -0.377. The Morgan fingerprint density at radius 1 is 0.745 bits per heavy atom. The third-order valence-corrected chi connectivity index (χ3v) is 9.82. The summed E-state index contributed by atoms with van der Waals surface area (Å²) in [6, 6.07) is -0.843. The maximum absolute atomic E-state index is 13.1. The molecule has 1 saturated heterocycles. The second kappa shape index (κ2) is 22.2. The Morgan fingerprint density at radius 3 is 1.84 bits per heavy atom. The van der Waals surface area contributed by atoms with Crippen molar-refractivity contribution in [3.8, 4) is 0 Å². The molecule has 8 amide bonds. The van der Waals surface area contributed by atoms with Crippen molar-refractivity contribution in [2.75, 3.05) is 38.5 Å². The molecule has 51 heavy (non-hydrogen) atoms. The number of carbonyl (C=O) groups excluding carboxylic acids is 8. The minimum atomic E-state index is -0.843. The van der Waals surface area contributed by atoms with Crippen molar-refractivity contribution in [3.05, 3.63) is 12.2 Å². The Morgan fingerprint density at radius 2 is 1.27 bits per heavy atom. The first-order valence-electron chi connectivity index (χ1n) is 18.2. The molecular weight excluding hydrogens is 676 g/mol. The number of hydrogen-bond donors (Lipinski definition) is 4. The number of rotatable bonds is 24. The predicted octanol–water partition coefficient (Wildman–Crippen LogP) is 2.21. The van der Waals surface area contributed by atoms with Crippen LogP contribution in [0, 0.1) is 11.3 Å². The minimum absolute atomic E-state index is 0.00923. The van der Waals surface area contributed by atoms with Crippen molar-refractivity contribution in [2.24, 2.45) is 11.3 Å². The van der Waals surface area contributed by atoms with Crippen LogP contribution in [0.3, 0.4) is 0 Å². The normalized spacial score (nSPS) is 16.6. The van der Waals surface area contributed by atoms with Gasteiger partial charge < -0.3 is 21.3 Å². The van der Waals surface area contributed by atoms with Crippen LogP contribution in [0.5, 0.6) is 0 Å². The number of imide groups is 2. The molecule has 1 fully saturated rings. The van der Waals surface area contributed by atoms with Gasteiger partial charge in [0.2, 0.25) is 35.4 Å². The van der Waals surface area contributed by atoms with Gasteiger partial charge in [0.05, 0.1) is 5.92 Å². The van der Waals surface area contributed by atoms with Crippen LogP contribution in [0.25, 0.3) is 0 Å². The van der Waals surface area contributed by atoms with E-state index in [9.17, 15) is 38.4 Å². The highest BCUT2D eigenvalue weighted by Gasteiger charge is 2.44. The van der Waals surface area contributed by atoms with Crippen LogP contribution in [0.4, 0.5) is 0 Å². The highest BCUT2D eigenvalue weighted by atomic mass is 32.2. The molecule has 2 aliphatic heterocycles. The number of nitrogens with one attached hydrogen (secondary N) is 4. The van der Waals surface area contributed by atoms with Gasteiger partial charge in [-0.15, -0.1) is 0 Å². The molecule has 15 heteroatoms. The van der Waals surface area contributed by atoms with Crippen molar-refractivity contribution >= 4 is 59.0 Å². The van der Waals surface area contributed by atoms with Gasteiger partial charge in [-0.05, 0) is 42.8 Å². The molecule has 2 atom stereocenters. The lowest BCUT2D eigenvalue weighted by Crippen LogP contribution is -2.47.